The minimum atomic E-state index is -4.29. The lowest BCUT2D eigenvalue weighted by molar-refractivity contribution is -0.173. The van der Waals surface area contributed by atoms with Crippen molar-refractivity contribution >= 4 is 5.91 Å². The lowest BCUT2D eigenvalue weighted by atomic mass is 10.2. The van der Waals surface area contributed by atoms with Crippen LogP contribution in [0.25, 0.3) is 0 Å². The first kappa shape index (κ1) is 14.2. The van der Waals surface area contributed by atoms with E-state index in [0.717, 1.165) is 0 Å². The third-order valence-electron chi connectivity index (χ3n) is 1.63. The van der Waals surface area contributed by atoms with E-state index >= 15 is 0 Å². The maximum absolute atomic E-state index is 11.6. The minimum absolute atomic E-state index is 0.0506. The number of rotatable bonds is 7. The number of nitrogens with two attached hydrogens (primary N) is 1. The van der Waals surface area contributed by atoms with Crippen LogP contribution in [0, 0.1) is 5.92 Å². The quantitative estimate of drug-likeness (QED) is 0.615. The SMILES string of the molecule is CC(CNCCOCC(F)(F)F)C(N)=O. The van der Waals surface area contributed by atoms with E-state index in [9.17, 15) is 18.0 Å². The molecule has 0 saturated heterocycles. The van der Waals surface area contributed by atoms with E-state index in [1.165, 1.54) is 0 Å². The van der Waals surface area contributed by atoms with Crippen LogP contribution in [0.4, 0.5) is 13.2 Å². The van der Waals surface area contributed by atoms with Gasteiger partial charge in [0.05, 0.1) is 6.61 Å². The number of nitrogens with one attached hydrogen (secondary N) is 1. The van der Waals surface area contributed by atoms with Crippen molar-refractivity contribution in [2.75, 3.05) is 26.3 Å². The first-order valence-electron chi connectivity index (χ1n) is 4.47. The van der Waals surface area contributed by atoms with Gasteiger partial charge in [0.25, 0.3) is 0 Å². The highest BCUT2D eigenvalue weighted by atomic mass is 19.4. The number of hydrogen-bond donors (Lipinski definition) is 2. The summed E-state index contributed by atoms with van der Waals surface area (Å²) in [4.78, 5) is 10.6. The lowest BCUT2D eigenvalue weighted by Crippen LogP contribution is -2.33. The number of hydrogen-bond acceptors (Lipinski definition) is 3. The monoisotopic (exact) mass is 228 g/mol. The van der Waals surface area contributed by atoms with Gasteiger partial charge < -0.3 is 15.8 Å². The lowest BCUT2D eigenvalue weighted by Gasteiger charge is -2.10. The second-order valence-corrected chi connectivity index (χ2v) is 3.18. The highest BCUT2D eigenvalue weighted by molar-refractivity contribution is 5.76. The smallest absolute Gasteiger partial charge is 0.371 e. The molecule has 0 fully saturated rings. The van der Waals surface area contributed by atoms with Gasteiger partial charge in [0.2, 0.25) is 5.91 Å². The molecule has 1 unspecified atom stereocenters. The zero-order chi connectivity index (χ0) is 11.9. The highest BCUT2D eigenvalue weighted by Crippen LogP contribution is 2.13. The van der Waals surface area contributed by atoms with Gasteiger partial charge in [-0.3, -0.25) is 4.79 Å². The molecule has 4 nitrogen and oxygen atoms in total. The molecule has 0 aliphatic carbocycles. The summed E-state index contributed by atoms with van der Waals surface area (Å²) in [6.45, 7) is 0.926. The van der Waals surface area contributed by atoms with E-state index in [2.05, 4.69) is 10.1 Å². The van der Waals surface area contributed by atoms with Crippen molar-refractivity contribution in [2.45, 2.75) is 13.1 Å². The van der Waals surface area contributed by atoms with Crippen LogP contribution in [0.15, 0.2) is 0 Å². The molecular formula is C8H15F3N2O2. The first-order chi connectivity index (χ1) is 6.83. The zero-order valence-corrected chi connectivity index (χ0v) is 8.43. The molecule has 3 N–H and O–H groups in total. The van der Waals surface area contributed by atoms with Crippen molar-refractivity contribution in [2.24, 2.45) is 11.7 Å². The molecule has 90 valence electrons. The molecule has 0 bridgehead atoms. The number of carbonyl (C=O) groups is 1. The average molecular weight is 228 g/mol. The fraction of sp³-hybridized carbons (Fsp3) is 0.875. The minimum Gasteiger partial charge on any atom is -0.371 e. The molecule has 15 heavy (non-hydrogen) atoms. The van der Waals surface area contributed by atoms with E-state index in [1.54, 1.807) is 6.92 Å². The molecule has 0 aromatic carbocycles. The van der Waals surface area contributed by atoms with Crippen molar-refractivity contribution < 1.29 is 22.7 Å². The molecular weight excluding hydrogens is 213 g/mol. The Hall–Kier alpha value is -0.820. The maximum Gasteiger partial charge on any atom is 0.411 e. The maximum atomic E-state index is 11.6. The first-order valence-corrected chi connectivity index (χ1v) is 4.47. The number of carbonyl (C=O) groups excluding carboxylic acids is 1. The summed E-state index contributed by atoms with van der Waals surface area (Å²) in [5.74, 6) is -0.786. The largest absolute Gasteiger partial charge is 0.411 e. The van der Waals surface area contributed by atoms with E-state index in [1.807, 2.05) is 0 Å². The summed E-state index contributed by atoms with van der Waals surface area (Å²) in [7, 11) is 0. The van der Waals surface area contributed by atoms with Gasteiger partial charge in [-0.05, 0) is 0 Å². The van der Waals surface area contributed by atoms with E-state index in [0.29, 0.717) is 6.54 Å². The van der Waals surface area contributed by atoms with Crippen LogP contribution < -0.4 is 11.1 Å². The van der Waals surface area contributed by atoms with Gasteiger partial charge in [0.15, 0.2) is 0 Å². The van der Waals surface area contributed by atoms with Crippen LogP contribution in [-0.4, -0.2) is 38.4 Å². The molecule has 1 atom stereocenters. The highest BCUT2D eigenvalue weighted by Gasteiger charge is 2.27. The molecule has 0 saturated carbocycles. The normalized spacial score (nSPS) is 13.9. The molecule has 7 heteroatoms. The molecule has 0 spiro atoms. The van der Waals surface area contributed by atoms with Crippen LogP contribution in [-0.2, 0) is 9.53 Å². The molecule has 0 aliphatic rings. The van der Waals surface area contributed by atoms with Crippen molar-refractivity contribution in [1.29, 1.82) is 0 Å². The summed E-state index contributed by atoms with van der Waals surface area (Å²) in [5.41, 5.74) is 4.98. The Balaban J connectivity index is 3.29. The van der Waals surface area contributed by atoms with Crippen LogP contribution in [0.1, 0.15) is 6.92 Å². The molecule has 0 rings (SSSR count). The summed E-state index contributed by atoms with van der Waals surface area (Å²) in [5, 5.41) is 2.76. The second kappa shape index (κ2) is 6.62. The van der Waals surface area contributed by atoms with Crippen molar-refractivity contribution in [3.63, 3.8) is 0 Å². The molecule has 0 radical (unpaired) electrons. The predicted molar refractivity (Wildman–Crippen MR) is 48.1 cm³/mol. The van der Waals surface area contributed by atoms with Gasteiger partial charge in [0.1, 0.15) is 6.61 Å². The van der Waals surface area contributed by atoms with Crippen LogP contribution in [0.2, 0.25) is 0 Å². The number of alkyl halides is 3. The van der Waals surface area contributed by atoms with Gasteiger partial charge in [-0.15, -0.1) is 0 Å². The van der Waals surface area contributed by atoms with E-state index in [4.69, 9.17) is 5.73 Å². The fourth-order valence-electron chi connectivity index (χ4n) is 0.751. The second-order valence-electron chi connectivity index (χ2n) is 3.18. The number of halogens is 3. The molecule has 0 heterocycles. The van der Waals surface area contributed by atoms with Crippen molar-refractivity contribution in [3.8, 4) is 0 Å². The standard InChI is InChI=1S/C8H15F3N2O2/c1-6(7(12)14)4-13-2-3-15-5-8(9,10)11/h6,13H,2-5H2,1H3,(H2,12,14). The topological polar surface area (TPSA) is 64.3 Å². The average Bonchev–Trinajstić information content (AvgIpc) is 2.08. The summed E-state index contributed by atoms with van der Waals surface area (Å²) >= 11 is 0. The number of amides is 1. The zero-order valence-electron chi connectivity index (χ0n) is 8.43. The Morgan fingerprint density at radius 2 is 2.13 bits per heavy atom. The predicted octanol–water partition coefficient (Wildman–Crippen LogP) is 0.276. The Morgan fingerprint density at radius 3 is 2.60 bits per heavy atom. The van der Waals surface area contributed by atoms with Crippen LogP contribution >= 0.6 is 0 Å². The Bertz CT molecular complexity index is 197. The summed E-state index contributed by atoms with van der Waals surface area (Å²) in [6.07, 6.45) is -4.29. The summed E-state index contributed by atoms with van der Waals surface area (Å²) < 4.78 is 39.1. The van der Waals surface area contributed by atoms with E-state index in [-0.39, 0.29) is 19.1 Å². The van der Waals surface area contributed by atoms with Crippen LogP contribution in [0.3, 0.4) is 0 Å². The van der Waals surface area contributed by atoms with Gasteiger partial charge in [-0.2, -0.15) is 13.2 Å². The number of ether oxygens (including phenoxy) is 1. The molecule has 0 aromatic heterocycles. The number of primary amides is 1. The fourth-order valence-corrected chi connectivity index (χ4v) is 0.751. The van der Waals surface area contributed by atoms with Gasteiger partial charge in [-0.1, -0.05) is 6.92 Å². The van der Waals surface area contributed by atoms with Gasteiger partial charge in [-0.25, -0.2) is 0 Å². The molecule has 1 amide bonds. The van der Waals surface area contributed by atoms with Crippen molar-refractivity contribution in [1.82, 2.24) is 5.32 Å². The Labute approximate surface area is 86.0 Å². The Morgan fingerprint density at radius 1 is 1.53 bits per heavy atom. The summed E-state index contributed by atoms with van der Waals surface area (Å²) in [6, 6.07) is 0. The third-order valence-corrected chi connectivity index (χ3v) is 1.63. The van der Waals surface area contributed by atoms with Gasteiger partial charge in [0, 0.05) is 19.0 Å². The van der Waals surface area contributed by atoms with Crippen LogP contribution in [0.5, 0.6) is 0 Å². The Kier molecular flexibility index (Phi) is 6.26. The van der Waals surface area contributed by atoms with Crippen molar-refractivity contribution in [3.05, 3.63) is 0 Å². The third kappa shape index (κ3) is 9.48. The van der Waals surface area contributed by atoms with Gasteiger partial charge >= 0.3 is 6.18 Å². The molecule has 0 aromatic rings. The van der Waals surface area contributed by atoms with E-state index < -0.39 is 18.7 Å². The molecule has 0 aliphatic heterocycles.